The molecule has 4 nitrogen and oxygen atoms in total. The van der Waals surface area contributed by atoms with Gasteiger partial charge in [0.1, 0.15) is 5.92 Å². The largest absolute Gasteiger partial charge is 0.468 e. The maximum absolute atomic E-state index is 11.9. The van der Waals surface area contributed by atoms with Crippen LogP contribution in [0.4, 0.5) is 0 Å². The first-order valence-electron chi connectivity index (χ1n) is 6.55. The number of aryl methyl sites for hydroxylation is 1. The van der Waals surface area contributed by atoms with Crippen molar-refractivity contribution in [2.24, 2.45) is 5.92 Å². The van der Waals surface area contributed by atoms with E-state index in [-0.39, 0.29) is 5.91 Å². The minimum atomic E-state index is -0.722. The lowest BCUT2D eigenvalue weighted by atomic mass is 10.1. The van der Waals surface area contributed by atoms with Crippen molar-refractivity contribution in [2.45, 2.75) is 33.2 Å². The third-order valence-electron chi connectivity index (χ3n) is 3.11. The summed E-state index contributed by atoms with van der Waals surface area (Å²) in [6.07, 6.45) is 1.43. The summed E-state index contributed by atoms with van der Waals surface area (Å²) in [5, 5.41) is 2.76. The molecule has 0 heterocycles. The topological polar surface area (TPSA) is 55.4 Å². The first-order valence-corrected chi connectivity index (χ1v) is 6.55. The highest BCUT2D eigenvalue weighted by atomic mass is 16.5. The van der Waals surface area contributed by atoms with Crippen LogP contribution in [0.15, 0.2) is 24.3 Å². The summed E-state index contributed by atoms with van der Waals surface area (Å²) < 4.78 is 4.61. The van der Waals surface area contributed by atoms with Crippen LogP contribution in [-0.4, -0.2) is 19.0 Å². The molecular weight excluding hydrogens is 242 g/mol. The molecule has 0 saturated heterocycles. The molecule has 1 unspecified atom stereocenters. The zero-order valence-corrected chi connectivity index (χ0v) is 11.7. The lowest BCUT2D eigenvalue weighted by Gasteiger charge is -2.12. The van der Waals surface area contributed by atoms with Crippen LogP contribution >= 0.6 is 0 Å². The van der Waals surface area contributed by atoms with Crippen molar-refractivity contribution in [1.29, 1.82) is 0 Å². The number of rotatable bonds is 6. The normalized spacial score (nSPS) is 11.7. The molecule has 0 bridgehead atoms. The lowest BCUT2D eigenvalue weighted by molar-refractivity contribution is -0.150. The van der Waals surface area contributed by atoms with Gasteiger partial charge < -0.3 is 10.1 Å². The van der Waals surface area contributed by atoms with Crippen LogP contribution in [0, 0.1) is 5.92 Å². The van der Waals surface area contributed by atoms with Crippen LogP contribution in [0.5, 0.6) is 0 Å². The number of carbonyl (C=O) groups is 2. The van der Waals surface area contributed by atoms with Gasteiger partial charge in [-0.25, -0.2) is 0 Å². The number of ether oxygens (including phenoxy) is 1. The van der Waals surface area contributed by atoms with E-state index in [1.807, 2.05) is 24.3 Å². The van der Waals surface area contributed by atoms with Gasteiger partial charge in [-0.15, -0.1) is 0 Å². The molecule has 0 aromatic heterocycles. The van der Waals surface area contributed by atoms with E-state index in [4.69, 9.17) is 0 Å². The van der Waals surface area contributed by atoms with Gasteiger partial charge in [0.15, 0.2) is 0 Å². The van der Waals surface area contributed by atoms with Crippen molar-refractivity contribution in [3.05, 3.63) is 35.4 Å². The molecule has 104 valence electrons. The molecule has 0 fully saturated rings. The van der Waals surface area contributed by atoms with E-state index in [2.05, 4.69) is 17.0 Å². The van der Waals surface area contributed by atoms with Crippen LogP contribution in [0.1, 0.15) is 31.4 Å². The summed E-state index contributed by atoms with van der Waals surface area (Å²) >= 11 is 0. The van der Waals surface area contributed by atoms with Crippen LogP contribution in [0.25, 0.3) is 0 Å². The van der Waals surface area contributed by atoms with Crippen molar-refractivity contribution in [2.75, 3.05) is 7.11 Å². The average molecular weight is 263 g/mol. The predicted octanol–water partition coefficient (Wildman–Crippen LogP) is 2.06. The van der Waals surface area contributed by atoms with E-state index in [0.29, 0.717) is 13.0 Å². The van der Waals surface area contributed by atoms with Gasteiger partial charge in [-0.2, -0.15) is 0 Å². The third-order valence-corrected chi connectivity index (χ3v) is 3.11. The molecule has 1 rings (SSSR count). The standard InChI is InChI=1S/C15H21NO3/c1-4-11-6-8-12(9-7-11)10-16-14(17)13(5-2)15(18)19-3/h6-9,13H,4-5,10H2,1-3H3,(H,16,17). The summed E-state index contributed by atoms with van der Waals surface area (Å²) in [4.78, 5) is 23.3. The first kappa shape index (κ1) is 15.2. The Hall–Kier alpha value is -1.84. The molecule has 4 heteroatoms. The number of carbonyl (C=O) groups excluding carboxylic acids is 2. The number of hydrogen-bond donors (Lipinski definition) is 1. The highest BCUT2D eigenvalue weighted by molar-refractivity contribution is 5.97. The van der Waals surface area contributed by atoms with Crippen molar-refractivity contribution >= 4 is 11.9 Å². The Bertz CT molecular complexity index is 426. The van der Waals surface area contributed by atoms with Gasteiger partial charge in [0, 0.05) is 6.54 Å². The molecule has 1 amide bonds. The van der Waals surface area contributed by atoms with Gasteiger partial charge in [-0.3, -0.25) is 9.59 Å². The molecule has 1 aromatic carbocycles. The maximum atomic E-state index is 11.9. The fraction of sp³-hybridized carbons (Fsp3) is 0.467. The Labute approximate surface area is 114 Å². The second-order valence-corrected chi connectivity index (χ2v) is 4.37. The summed E-state index contributed by atoms with van der Waals surface area (Å²) in [7, 11) is 1.29. The Balaban J connectivity index is 2.54. The molecule has 0 radical (unpaired) electrons. The number of methoxy groups -OCH3 is 1. The minimum Gasteiger partial charge on any atom is -0.468 e. The van der Waals surface area contributed by atoms with E-state index in [9.17, 15) is 9.59 Å². The van der Waals surface area contributed by atoms with E-state index in [1.165, 1.54) is 12.7 Å². The molecule has 0 aliphatic heterocycles. The lowest BCUT2D eigenvalue weighted by Crippen LogP contribution is -2.35. The summed E-state index contributed by atoms with van der Waals surface area (Å²) in [5.74, 6) is -1.49. The second kappa shape index (κ2) is 7.56. The van der Waals surface area contributed by atoms with Crippen molar-refractivity contribution in [3.8, 4) is 0 Å². The number of benzene rings is 1. The quantitative estimate of drug-likeness (QED) is 0.631. The molecule has 0 aliphatic rings. The number of esters is 1. The number of hydrogen-bond acceptors (Lipinski definition) is 3. The summed E-state index contributed by atoms with van der Waals surface area (Å²) in [5.41, 5.74) is 2.28. The number of amides is 1. The van der Waals surface area contributed by atoms with Crippen molar-refractivity contribution in [1.82, 2.24) is 5.32 Å². The fourth-order valence-electron chi connectivity index (χ4n) is 1.81. The number of nitrogens with one attached hydrogen (secondary N) is 1. The molecule has 19 heavy (non-hydrogen) atoms. The Morgan fingerprint density at radius 1 is 1.16 bits per heavy atom. The molecule has 0 aliphatic carbocycles. The summed E-state index contributed by atoms with van der Waals surface area (Å²) in [6.45, 7) is 4.31. The Morgan fingerprint density at radius 2 is 1.74 bits per heavy atom. The van der Waals surface area contributed by atoms with Gasteiger partial charge in [0.25, 0.3) is 0 Å². The van der Waals surface area contributed by atoms with Crippen molar-refractivity contribution < 1.29 is 14.3 Å². The van der Waals surface area contributed by atoms with E-state index >= 15 is 0 Å². The van der Waals surface area contributed by atoms with Gasteiger partial charge in [0.05, 0.1) is 7.11 Å². The molecule has 0 saturated carbocycles. The molecule has 1 N–H and O–H groups in total. The predicted molar refractivity (Wildman–Crippen MR) is 73.5 cm³/mol. The van der Waals surface area contributed by atoms with E-state index in [1.54, 1.807) is 6.92 Å². The molecule has 1 atom stereocenters. The zero-order chi connectivity index (χ0) is 14.3. The Kier molecular flexibility index (Phi) is 6.06. The zero-order valence-electron chi connectivity index (χ0n) is 11.7. The third kappa shape index (κ3) is 4.39. The first-order chi connectivity index (χ1) is 9.12. The summed E-state index contributed by atoms with van der Waals surface area (Å²) in [6, 6.07) is 8.05. The highest BCUT2D eigenvalue weighted by Crippen LogP contribution is 2.07. The van der Waals surface area contributed by atoms with E-state index in [0.717, 1.165) is 12.0 Å². The van der Waals surface area contributed by atoms with Gasteiger partial charge in [-0.1, -0.05) is 38.1 Å². The van der Waals surface area contributed by atoms with E-state index < -0.39 is 11.9 Å². The minimum absolute atomic E-state index is 0.283. The van der Waals surface area contributed by atoms with Gasteiger partial charge in [-0.05, 0) is 24.0 Å². The molecule has 1 aromatic rings. The molecule has 0 spiro atoms. The SMILES string of the molecule is CCc1ccc(CNC(=O)C(CC)C(=O)OC)cc1. The van der Waals surface area contributed by atoms with Crippen LogP contribution in [0.3, 0.4) is 0 Å². The van der Waals surface area contributed by atoms with Gasteiger partial charge >= 0.3 is 5.97 Å². The Morgan fingerprint density at radius 3 is 2.21 bits per heavy atom. The van der Waals surface area contributed by atoms with Crippen LogP contribution in [-0.2, 0) is 27.3 Å². The average Bonchev–Trinajstić information content (AvgIpc) is 2.46. The van der Waals surface area contributed by atoms with Crippen LogP contribution in [0.2, 0.25) is 0 Å². The highest BCUT2D eigenvalue weighted by Gasteiger charge is 2.24. The smallest absolute Gasteiger partial charge is 0.318 e. The van der Waals surface area contributed by atoms with Crippen LogP contribution < -0.4 is 5.32 Å². The maximum Gasteiger partial charge on any atom is 0.318 e. The van der Waals surface area contributed by atoms with Crippen molar-refractivity contribution in [3.63, 3.8) is 0 Å². The van der Waals surface area contributed by atoms with Gasteiger partial charge in [0.2, 0.25) is 5.91 Å². The monoisotopic (exact) mass is 263 g/mol. The molecular formula is C15H21NO3. The second-order valence-electron chi connectivity index (χ2n) is 4.37. The fourth-order valence-corrected chi connectivity index (χ4v) is 1.81.